The summed E-state index contributed by atoms with van der Waals surface area (Å²) in [5, 5.41) is 13.3. The maximum Gasteiger partial charge on any atom is 0.272 e. The van der Waals surface area contributed by atoms with Gasteiger partial charge in [-0.2, -0.15) is 0 Å². The second kappa shape index (κ2) is 5.45. The first-order valence-electron chi connectivity index (χ1n) is 7.72. The van der Waals surface area contributed by atoms with Gasteiger partial charge in [0.15, 0.2) is 5.58 Å². The Morgan fingerprint density at radius 1 is 1.08 bits per heavy atom. The van der Waals surface area contributed by atoms with Crippen molar-refractivity contribution in [1.29, 1.82) is 0 Å². The number of hydrogen-bond donors (Lipinski definition) is 0. The van der Waals surface area contributed by atoms with Crippen molar-refractivity contribution >= 4 is 27.6 Å². The van der Waals surface area contributed by atoms with Crippen molar-refractivity contribution in [2.45, 2.75) is 13.3 Å². The molecule has 3 aromatic carbocycles. The Balaban J connectivity index is 1.91. The molecule has 5 heteroatoms. The minimum Gasteiger partial charge on any atom is -0.436 e. The van der Waals surface area contributed by atoms with E-state index in [2.05, 4.69) is 4.98 Å². The molecule has 0 aliphatic heterocycles. The molecular weight excluding hydrogens is 304 g/mol. The Hall–Kier alpha value is -3.21. The van der Waals surface area contributed by atoms with Gasteiger partial charge >= 0.3 is 0 Å². The van der Waals surface area contributed by atoms with Crippen LogP contribution in [0.5, 0.6) is 0 Å². The fourth-order valence-corrected chi connectivity index (χ4v) is 2.90. The van der Waals surface area contributed by atoms with E-state index in [1.807, 2.05) is 49.4 Å². The van der Waals surface area contributed by atoms with E-state index in [1.165, 1.54) is 6.07 Å². The number of non-ortho nitro benzene ring substituents is 1. The summed E-state index contributed by atoms with van der Waals surface area (Å²) in [4.78, 5) is 15.2. The van der Waals surface area contributed by atoms with Crippen molar-refractivity contribution in [1.82, 2.24) is 4.98 Å². The van der Waals surface area contributed by atoms with Gasteiger partial charge in [0, 0.05) is 23.3 Å². The summed E-state index contributed by atoms with van der Waals surface area (Å²) in [6, 6.07) is 17.1. The molecule has 5 nitrogen and oxygen atoms in total. The standard InChI is InChI=1S/C19H14N2O3/c1-2-12-10-16(21(22)23)11-17-18(12)24-19(20-17)15-8-7-13-5-3-4-6-14(13)9-15/h3-11H,2H2,1H3. The van der Waals surface area contributed by atoms with Crippen LogP contribution in [0.2, 0.25) is 0 Å². The summed E-state index contributed by atoms with van der Waals surface area (Å²) in [5.41, 5.74) is 2.82. The van der Waals surface area contributed by atoms with Gasteiger partial charge < -0.3 is 4.42 Å². The number of nitrogens with zero attached hydrogens (tertiary/aromatic N) is 2. The third-order valence-corrected chi connectivity index (χ3v) is 4.14. The predicted molar refractivity (Wildman–Crippen MR) is 93.0 cm³/mol. The summed E-state index contributed by atoms with van der Waals surface area (Å²) in [6.45, 7) is 1.94. The SMILES string of the molecule is CCc1cc([N+](=O)[O-])cc2nc(-c3ccc4ccccc4c3)oc12. The van der Waals surface area contributed by atoms with Crippen LogP contribution >= 0.6 is 0 Å². The summed E-state index contributed by atoms with van der Waals surface area (Å²) in [5.74, 6) is 0.478. The molecule has 0 saturated carbocycles. The molecule has 0 aliphatic carbocycles. The summed E-state index contributed by atoms with van der Waals surface area (Å²) in [7, 11) is 0. The third kappa shape index (κ3) is 2.31. The van der Waals surface area contributed by atoms with Gasteiger partial charge in [-0.25, -0.2) is 4.98 Å². The van der Waals surface area contributed by atoms with Crippen molar-refractivity contribution in [2.75, 3.05) is 0 Å². The normalized spacial score (nSPS) is 11.2. The van der Waals surface area contributed by atoms with E-state index in [0.717, 1.165) is 21.9 Å². The lowest BCUT2D eigenvalue weighted by atomic mass is 10.1. The van der Waals surface area contributed by atoms with Crippen LogP contribution in [0, 0.1) is 10.1 Å². The van der Waals surface area contributed by atoms with Crippen molar-refractivity contribution in [3.05, 3.63) is 70.3 Å². The number of rotatable bonds is 3. The van der Waals surface area contributed by atoms with Gasteiger partial charge in [0.1, 0.15) is 5.52 Å². The summed E-state index contributed by atoms with van der Waals surface area (Å²) in [6.07, 6.45) is 0.643. The van der Waals surface area contributed by atoms with Gasteiger partial charge in [-0.05, 0) is 29.3 Å². The van der Waals surface area contributed by atoms with Crippen LogP contribution < -0.4 is 0 Å². The van der Waals surface area contributed by atoms with Gasteiger partial charge in [0.05, 0.1) is 4.92 Å². The number of aryl methyl sites for hydroxylation is 1. The molecule has 1 aromatic heterocycles. The van der Waals surface area contributed by atoms with E-state index in [4.69, 9.17) is 4.42 Å². The minimum absolute atomic E-state index is 0.0395. The van der Waals surface area contributed by atoms with E-state index in [1.54, 1.807) is 6.07 Å². The van der Waals surface area contributed by atoms with E-state index < -0.39 is 4.92 Å². The maximum absolute atomic E-state index is 11.1. The van der Waals surface area contributed by atoms with Crippen molar-refractivity contribution in [2.24, 2.45) is 0 Å². The van der Waals surface area contributed by atoms with Crippen LogP contribution in [-0.4, -0.2) is 9.91 Å². The Morgan fingerprint density at radius 3 is 2.62 bits per heavy atom. The van der Waals surface area contributed by atoms with Crippen LogP contribution in [0.4, 0.5) is 5.69 Å². The molecule has 0 fully saturated rings. The topological polar surface area (TPSA) is 69.2 Å². The molecule has 4 aromatic rings. The first-order chi connectivity index (χ1) is 11.7. The van der Waals surface area contributed by atoms with Gasteiger partial charge in [0.25, 0.3) is 5.69 Å². The van der Waals surface area contributed by atoms with Gasteiger partial charge in [-0.3, -0.25) is 10.1 Å². The van der Waals surface area contributed by atoms with Crippen LogP contribution in [0.25, 0.3) is 33.3 Å². The Bertz CT molecular complexity index is 1080. The number of fused-ring (bicyclic) bond motifs is 2. The highest BCUT2D eigenvalue weighted by Gasteiger charge is 2.17. The molecule has 0 spiro atoms. The molecule has 118 valence electrons. The van der Waals surface area contributed by atoms with Crippen molar-refractivity contribution in [3.8, 4) is 11.5 Å². The zero-order chi connectivity index (χ0) is 16.7. The molecule has 0 saturated heterocycles. The van der Waals surface area contributed by atoms with Crippen LogP contribution in [0.3, 0.4) is 0 Å². The number of nitro groups is 1. The summed E-state index contributed by atoms with van der Waals surface area (Å²) >= 11 is 0. The Kier molecular flexibility index (Phi) is 3.27. The molecule has 0 amide bonds. The number of oxazole rings is 1. The highest BCUT2D eigenvalue weighted by Crippen LogP contribution is 2.31. The van der Waals surface area contributed by atoms with Crippen LogP contribution in [0.15, 0.2) is 59.0 Å². The van der Waals surface area contributed by atoms with Gasteiger partial charge in [-0.15, -0.1) is 0 Å². The monoisotopic (exact) mass is 318 g/mol. The van der Waals surface area contributed by atoms with E-state index in [0.29, 0.717) is 23.4 Å². The number of benzene rings is 3. The fourth-order valence-electron chi connectivity index (χ4n) is 2.90. The van der Waals surface area contributed by atoms with E-state index in [9.17, 15) is 10.1 Å². The largest absolute Gasteiger partial charge is 0.436 e. The molecule has 4 rings (SSSR count). The molecule has 0 aliphatic rings. The molecule has 1 heterocycles. The van der Waals surface area contributed by atoms with Crippen LogP contribution in [0.1, 0.15) is 12.5 Å². The summed E-state index contributed by atoms with van der Waals surface area (Å²) < 4.78 is 5.93. The molecule has 0 unspecified atom stereocenters. The Morgan fingerprint density at radius 2 is 1.88 bits per heavy atom. The molecule has 24 heavy (non-hydrogen) atoms. The Labute approximate surface area is 137 Å². The molecule has 0 N–H and O–H groups in total. The second-order valence-electron chi connectivity index (χ2n) is 5.64. The first kappa shape index (κ1) is 14.4. The lowest BCUT2D eigenvalue weighted by Gasteiger charge is -2.00. The van der Waals surface area contributed by atoms with Gasteiger partial charge in [-0.1, -0.05) is 37.3 Å². The number of aromatic nitrogens is 1. The van der Waals surface area contributed by atoms with E-state index in [-0.39, 0.29) is 5.69 Å². The van der Waals surface area contributed by atoms with Crippen LogP contribution in [-0.2, 0) is 6.42 Å². The predicted octanol–water partition coefficient (Wildman–Crippen LogP) is 5.12. The first-order valence-corrected chi connectivity index (χ1v) is 7.72. The highest BCUT2D eigenvalue weighted by molar-refractivity contribution is 5.88. The maximum atomic E-state index is 11.1. The lowest BCUT2D eigenvalue weighted by molar-refractivity contribution is -0.384. The smallest absolute Gasteiger partial charge is 0.272 e. The van der Waals surface area contributed by atoms with E-state index >= 15 is 0 Å². The molecular formula is C19H14N2O3. The minimum atomic E-state index is -0.400. The zero-order valence-electron chi connectivity index (χ0n) is 13.0. The van der Waals surface area contributed by atoms with Gasteiger partial charge in [0.2, 0.25) is 5.89 Å². The molecule has 0 atom stereocenters. The molecule has 0 radical (unpaired) electrons. The molecule has 0 bridgehead atoms. The number of nitro benzene ring substituents is 1. The average molecular weight is 318 g/mol. The highest BCUT2D eigenvalue weighted by atomic mass is 16.6. The third-order valence-electron chi connectivity index (χ3n) is 4.14. The van der Waals surface area contributed by atoms with Crippen molar-refractivity contribution < 1.29 is 9.34 Å². The van der Waals surface area contributed by atoms with Crippen molar-refractivity contribution in [3.63, 3.8) is 0 Å². The second-order valence-corrected chi connectivity index (χ2v) is 5.64. The zero-order valence-corrected chi connectivity index (χ0v) is 13.0. The number of hydrogen-bond acceptors (Lipinski definition) is 4. The average Bonchev–Trinajstić information content (AvgIpc) is 3.04. The lowest BCUT2D eigenvalue weighted by Crippen LogP contribution is -1.90. The fraction of sp³-hybridized carbons (Fsp3) is 0.105. The quantitative estimate of drug-likeness (QED) is 0.388.